The molecular formula is C23H19Cl2NO2. The van der Waals surface area contributed by atoms with Gasteiger partial charge in [-0.05, 0) is 42.3 Å². The van der Waals surface area contributed by atoms with E-state index >= 15 is 0 Å². The van der Waals surface area contributed by atoms with E-state index < -0.39 is 0 Å². The molecule has 3 aromatic rings. The lowest BCUT2D eigenvalue weighted by Crippen LogP contribution is -2.30. The fourth-order valence-corrected chi connectivity index (χ4v) is 3.80. The number of rotatable bonds is 4. The number of halogens is 2. The van der Waals surface area contributed by atoms with Gasteiger partial charge in [0.15, 0.2) is 0 Å². The van der Waals surface area contributed by atoms with Crippen molar-refractivity contribution in [2.75, 3.05) is 11.4 Å². The minimum Gasteiger partial charge on any atom is -0.457 e. The van der Waals surface area contributed by atoms with Crippen LogP contribution in [0.25, 0.3) is 23.0 Å². The first-order valence-corrected chi connectivity index (χ1v) is 9.88. The summed E-state index contributed by atoms with van der Waals surface area (Å²) in [6.45, 7) is 4.88. The van der Waals surface area contributed by atoms with Crippen molar-refractivity contribution in [1.82, 2.24) is 0 Å². The van der Waals surface area contributed by atoms with E-state index in [1.807, 2.05) is 53.4 Å². The lowest BCUT2D eigenvalue weighted by atomic mass is 10.1. The van der Waals surface area contributed by atoms with Gasteiger partial charge in [0, 0.05) is 17.7 Å². The van der Waals surface area contributed by atoms with Crippen molar-refractivity contribution in [2.24, 2.45) is 5.92 Å². The van der Waals surface area contributed by atoms with E-state index in [-0.39, 0.29) is 5.91 Å². The molecule has 1 aromatic heterocycles. The summed E-state index contributed by atoms with van der Waals surface area (Å²) in [4.78, 5) is 14.9. The van der Waals surface area contributed by atoms with E-state index in [0.717, 1.165) is 16.8 Å². The normalized spacial score (nSPS) is 15.0. The third-order valence-electron chi connectivity index (χ3n) is 4.64. The molecule has 2 heterocycles. The topological polar surface area (TPSA) is 33.5 Å². The van der Waals surface area contributed by atoms with Crippen molar-refractivity contribution in [3.8, 4) is 11.3 Å². The predicted octanol–water partition coefficient (Wildman–Crippen LogP) is 6.80. The molecule has 3 nitrogen and oxygen atoms in total. The van der Waals surface area contributed by atoms with Gasteiger partial charge in [0.25, 0.3) is 5.91 Å². The Morgan fingerprint density at radius 1 is 1.00 bits per heavy atom. The van der Waals surface area contributed by atoms with Gasteiger partial charge in [-0.2, -0.15) is 0 Å². The van der Waals surface area contributed by atoms with Crippen molar-refractivity contribution < 1.29 is 9.21 Å². The average Bonchev–Trinajstić information content (AvgIpc) is 3.23. The molecule has 0 saturated heterocycles. The highest BCUT2D eigenvalue weighted by molar-refractivity contribution is 6.43. The first-order valence-electron chi connectivity index (χ1n) is 9.13. The summed E-state index contributed by atoms with van der Waals surface area (Å²) in [7, 11) is 0. The molecular weight excluding hydrogens is 393 g/mol. The Morgan fingerprint density at radius 2 is 1.75 bits per heavy atom. The molecule has 0 spiro atoms. The minimum atomic E-state index is -0.00589. The van der Waals surface area contributed by atoms with Crippen LogP contribution in [0.5, 0.6) is 0 Å². The Bertz CT molecular complexity index is 1080. The van der Waals surface area contributed by atoms with Crippen molar-refractivity contribution in [2.45, 2.75) is 13.8 Å². The highest BCUT2D eigenvalue weighted by Crippen LogP contribution is 2.39. The van der Waals surface area contributed by atoms with Crippen LogP contribution >= 0.6 is 23.2 Å². The highest BCUT2D eigenvalue weighted by atomic mass is 35.5. The number of anilines is 1. The van der Waals surface area contributed by atoms with Crippen molar-refractivity contribution in [1.29, 1.82) is 0 Å². The lowest BCUT2D eigenvalue weighted by molar-refractivity contribution is -0.113. The van der Waals surface area contributed by atoms with Gasteiger partial charge in [-0.3, -0.25) is 4.79 Å². The number of fused-ring (bicyclic) bond motifs is 1. The second kappa shape index (κ2) is 7.50. The van der Waals surface area contributed by atoms with Crippen LogP contribution in [-0.2, 0) is 4.79 Å². The molecule has 0 N–H and O–H groups in total. The van der Waals surface area contributed by atoms with Crippen molar-refractivity contribution in [3.63, 3.8) is 0 Å². The Morgan fingerprint density at radius 3 is 2.54 bits per heavy atom. The standard InChI is InChI=1S/C23H19Cl2NO2/c1-14(2)13-26-20-9-4-3-6-16(20)18(23(26)27)12-15-10-11-21(28-15)17-7-5-8-19(24)22(17)25/h3-12,14H,13H2,1-2H3/b18-12-. The van der Waals surface area contributed by atoms with Crippen molar-refractivity contribution in [3.05, 3.63) is 76.0 Å². The smallest absolute Gasteiger partial charge is 0.259 e. The molecule has 142 valence electrons. The summed E-state index contributed by atoms with van der Waals surface area (Å²) >= 11 is 12.4. The number of para-hydroxylation sites is 1. The molecule has 0 atom stereocenters. The monoisotopic (exact) mass is 411 g/mol. The van der Waals surface area contributed by atoms with E-state index in [9.17, 15) is 4.79 Å². The van der Waals surface area contributed by atoms with E-state index in [1.54, 1.807) is 12.1 Å². The quantitative estimate of drug-likeness (QED) is 0.442. The van der Waals surface area contributed by atoms with Crippen molar-refractivity contribution >= 4 is 46.4 Å². The molecule has 4 rings (SSSR count). The highest BCUT2D eigenvalue weighted by Gasteiger charge is 2.32. The number of carbonyl (C=O) groups is 1. The number of carbonyl (C=O) groups excluding carboxylic acids is 1. The Balaban J connectivity index is 1.73. The molecule has 1 aliphatic heterocycles. The number of hydrogen-bond acceptors (Lipinski definition) is 2. The molecule has 1 amide bonds. The molecule has 0 saturated carbocycles. The van der Waals surface area contributed by atoms with Gasteiger partial charge >= 0.3 is 0 Å². The fourth-order valence-electron chi connectivity index (χ4n) is 3.40. The molecule has 5 heteroatoms. The molecule has 28 heavy (non-hydrogen) atoms. The Kier molecular flexibility index (Phi) is 5.05. The number of hydrogen-bond donors (Lipinski definition) is 0. The van der Waals surface area contributed by atoms with Gasteiger partial charge < -0.3 is 9.32 Å². The first kappa shape index (κ1) is 18.9. The maximum Gasteiger partial charge on any atom is 0.259 e. The molecule has 0 aliphatic carbocycles. The fraction of sp³-hybridized carbons (Fsp3) is 0.174. The minimum absolute atomic E-state index is 0.00589. The number of nitrogens with zero attached hydrogens (tertiary/aromatic N) is 1. The van der Waals surface area contributed by atoms with E-state index in [1.165, 1.54) is 0 Å². The Hall–Kier alpha value is -2.49. The molecule has 1 aliphatic rings. The molecule has 0 radical (unpaired) electrons. The van der Waals surface area contributed by atoms with Crippen LogP contribution in [0.15, 0.2) is 59.0 Å². The lowest BCUT2D eigenvalue weighted by Gasteiger charge is -2.19. The summed E-state index contributed by atoms with van der Waals surface area (Å²) in [6.07, 6.45) is 1.80. The van der Waals surface area contributed by atoms with Crippen LogP contribution in [0, 0.1) is 5.92 Å². The van der Waals surface area contributed by atoms with Gasteiger partial charge in [-0.25, -0.2) is 0 Å². The second-order valence-electron chi connectivity index (χ2n) is 7.19. The van der Waals surface area contributed by atoms with E-state index in [4.69, 9.17) is 27.6 Å². The number of benzene rings is 2. The average molecular weight is 412 g/mol. The Labute approximate surface area is 174 Å². The third-order valence-corrected chi connectivity index (χ3v) is 5.46. The summed E-state index contributed by atoms with van der Waals surface area (Å²) in [6, 6.07) is 16.9. The third kappa shape index (κ3) is 3.36. The van der Waals surface area contributed by atoms with Crippen LogP contribution in [0.1, 0.15) is 25.2 Å². The predicted molar refractivity (Wildman–Crippen MR) is 116 cm³/mol. The molecule has 0 unspecified atom stereocenters. The summed E-state index contributed by atoms with van der Waals surface area (Å²) in [5.41, 5.74) is 3.22. The molecule has 0 bridgehead atoms. The zero-order valence-corrected chi connectivity index (χ0v) is 17.1. The van der Waals surface area contributed by atoms with Gasteiger partial charge in [0.05, 0.1) is 21.3 Å². The zero-order valence-electron chi connectivity index (χ0n) is 15.6. The number of furan rings is 1. The van der Waals surface area contributed by atoms with Crippen LogP contribution in [0.2, 0.25) is 10.0 Å². The zero-order chi connectivity index (χ0) is 19.8. The van der Waals surface area contributed by atoms with E-state index in [2.05, 4.69) is 13.8 Å². The van der Waals surface area contributed by atoms with Crippen LogP contribution in [0.4, 0.5) is 5.69 Å². The molecule has 2 aromatic carbocycles. The largest absolute Gasteiger partial charge is 0.457 e. The molecule has 0 fully saturated rings. The second-order valence-corrected chi connectivity index (χ2v) is 7.97. The van der Waals surface area contributed by atoms with Crippen LogP contribution < -0.4 is 4.90 Å². The summed E-state index contributed by atoms with van der Waals surface area (Å²) in [5, 5.41) is 0.919. The SMILES string of the molecule is CC(C)CN1C(=O)/C(=C\c2ccc(-c3cccc(Cl)c3Cl)o2)c2ccccc21. The van der Waals surface area contributed by atoms with E-state index in [0.29, 0.717) is 39.6 Å². The first-order chi connectivity index (χ1) is 13.5. The summed E-state index contributed by atoms with van der Waals surface area (Å²) < 4.78 is 5.96. The van der Waals surface area contributed by atoms with Crippen LogP contribution in [-0.4, -0.2) is 12.5 Å². The maximum atomic E-state index is 13.1. The summed E-state index contributed by atoms with van der Waals surface area (Å²) in [5.74, 6) is 1.57. The van der Waals surface area contributed by atoms with Gasteiger partial charge in [0.2, 0.25) is 0 Å². The van der Waals surface area contributed by atoms with Gasteiger partial charge in [-0.1, -0.05) is 61.3 Å². The van der Waals surface area contributed by atoms with Crippen LogP contribution in [0.3, 0.4) is 0 Å². The van der Waals surface area contributed by atoms with Gasteiger partial charge in [-0.15, -0.1) is 0 Å². The van der Waals surface area contributed by atoms with Gasteiger partial charge in [0.1, 0.15) is 11.5 Å². The number of amides is 1. The maximum absolute atomic E-state index is 13.1.